The third-order valence-corrected chi connectivity index (χ3v) is 0.661. The van der Waals surface area contributed by atoms with E-state index in [1.54, 1.807) is 0 Å². The summed E-state index contributed by atoms with van der Waals surface area (Å²) in [6.07, 6.45) is 3.99. The van der Waals surface area contributed by atoms with E-state index in [4.69, 9.17) is 0 Å². The van der Waals surface area contributed by atoms with E-state index in [0.29, 0.717) is 0 Å². The van der Waals surface area contributed by atoms with Gasteiger partial charge in [-0.05, 0) is 17.8 Å². The summed E-state index contributed by atoms with van der Waals surface area (Å²) in [6, 6.07) is 0. The molecule has 0 atom stereocenters. The van der Waals surface area contributed by atoms with Gasteiger partial charge < -0.3 is 0 Å². The molecule has 0 aliphatic carbocycles. The van der Waals surface area contributed by atoms with Crippen molar-refractivity contribution >= 4 is 15.9 Å². The first-order valence-electron chi connectivity index (χ1n) is 1.89. The molecular formula is C5H8Br. The van der Waals surface area contributed by atoms with Gasteiger partial charge in [0.2, 0.25) is 0 Å². The highest BCUT2D eigenvalue weighted by molar-refractivity contribution is 9.11. The Hall–Kier alpha value is 0.220. The molecule has 0 aliphatic heterocycles. The topological polar surface area (TPSA) is 0 Å². The molecule has 0 aliphatic rings. The van der Waals surface area contributed by atoms with E-state index < -0.39 is 0 Å². The molecule has 0 amide bonds. The van der Waals surface area contributed by atoms with Crippen LogP contribution in [0.25, 0.3) is 0 Å². The van der Waals surface area contributed by atoms with Gasteiger partial charge in [0.15, 0.2) is 0 Å². The minimum absolute atomic E-state index is 1.17. The lowest BCUT2D eigenvalue weighted by Crippen LogP contribution is -1.54. The first-order chi connectivity index (χ1) is 2.77. The average Bonchev–Trinajstić information content (AvgIpc) is 1.35. The van der Waals surface area contributed by atoms with Gasteiger partial charge in [-0.25, -0.2) is 0 Å². The van der Waals surface area contributed by atoms with Gasteiger partial charge in [-0.2, -0.15) is 0 Å². The van der Waals surface area contributed by atoms with Gasteiger partial charge in [-0.1, -0.05) is 28.9 Å². The van der Waals surface area contributed by atoms with Crippen LogP contribution in [0.3, 0.4) is 0 Å². The fraction of sp³-hybridized carbons (Fsp3) is 0.400. The maximum absolute atomic E-state index is 3.26. The Kier molecular flexibility index (Phi) is 3.54. The molecule has 0 unspecified atom stereocenters. The quantitative estimate of drug-likeness (QED) is 0.535. The van der Waals surface area contributed by atoms with Crippen LogP contribution in [0.15, 0.2) is 10.6 Å². The number of hydrogen-bond acceptors (Lipinski definition) is 0. The molecule has 1 heteroatoms. The van der Waals surface area contributed by atoms with Gasteiger partial charge in [0, 0.05) is 0 Å². The van der Waals surface area contributed by atoms with Crippen molar-refractivity contribution in [2.45, 2.75) is 13.8 Å². The number of rotatable bonds is 1. The molecule has 0 nitrogen and oxygen atoms in total. The van der Waals surface area contributed by atoms with Crippen LogP contribution in [0.4, 0.5) is 0 Å². The largest absolute Gasteiger partial charge is 0.0712 e. The lowest BCUT2D eigenvalue weighted by molar-refractivity contribution is 1.52. The lowest BCUT2D eigenvalue weighted by atomic mass is 10.4. The fourth-order valence-electron chi connectivity index (χ4n) is 0.230. The first kappa shape index (κ1) is 6.22. The Morgan fingerprint density at radius 1 is 1.67 bits per heavy atom. The van der Waals surface area contributed by atoms with Crippen LogP contribution in [0.5, 0.6) is 0 Å². The highest BCUT2D eigenvalue weighted by Crippen LogP contribution is 2.00. The summed E-state index contributed by atoms with van der Waals surface area (Å²) >= 11 is 3.26. The molecule has 0 aromatic heterocycles. The van der Waals surface area contributed by atoms with E-state index in [-0.39, 0.29) is 0 Å². The third-order valence-electron chi connectivity index (χ3n) is 0.396. The SMILES string of the molecule is C[CH]C=C(C)Br. The Morgan fingerprint density at radius 2 is 2.17 bits per heavy atom. The van der Waals surface area contributed by atoms with Crippen molar-refractivity contribution in [1.82, 2.24) is 0 Å². The van der Waals surface area contributed by atoms with E-state index in [9.17, 15) is 0 Å². The number of halogens is 1. The highest BCUT2D eigenvalue weighted by Gasteiger charge is 1.70. The number of allylic oxidation sites excluding steroid dienone is 2. The molecule has 0 aromatic rings. The molecule has 0 fully saturated rings. The van der Waals surface area contributed by atoms with Crippen molar-refractivity contribution in [3.63, 3.8) is 0 Å². The summed E-state index contributed by atoms with van der Waals surface area (Å²) in [7, 11) is 0. The Labute approximate surface area is 47.4 Å². The molecule has 0 spiro atoms. The molecule has 0 rings (SSSR count). The molecule has 35 valence electrons. The van der Waals surface area contributed by atoms with Crippen LogP contribution in [-0.4, -0.2) is 0 Å². The molecule has 0 heterocycles. The summed E-state index contributed by atoms with van der Waals surface area (Å²) in [5.74, 6) is 0. The second-order valence-corrected chi connectivity index (χ2v) is 2.34. The zero-order chi connectivity index (χ0) is 4.99. The monoisotopic (exact) mass is 147 g/mol. The summed E-state index contributed by atoms with van der Waals surface area (Å²) in [5, 5.41) is 0. The minimum atomic E-state index is 1.17. The predicted molar refractivity (Wildman–Crippen MR) is 32.7 cm³/mol. The van der Waals surface area contributed by atoms with Gasteiger partial charge in [-0.3, -0.25) is 0 Å². The van der Waals surface area contributed by atoms with Crippen molar-refractivity contribution in [2.24, 2.45) is 0 Å². The Bertz CT molecular complexity index is 51.0. The fourth-order valence-corrected chi connectivity index (χ4v) is 0.494. The lowest BCUT2D eigenvalue weighted by Gasteiger charge is -1.77. The molecule has 0 saturated heterocycles. The van der Waals surface area contributed by atoms with Crippen LogP contribution in [-0.2, 0) is 0 Å². The second kappa shape index (κ2) is 3.41. The van der Waals surface area contributed by atoms with Crippen LogP contribution in [0.2, 0.25) is 0 Å². The minimum Gasteiger partial charge on any atom is -0.0712 e. The van der Waals surface area contributed by atoms with E-state index in [0.717, 1.165) is 0 Å². The molecule has 6 heavy (non-hydrogen) atoms. The molecule has 0 N–H and O–H groups in total. The Morgan fingerprint density at radius 3 is 2.17 bits per heavy atom. The summed E-state index contributed by atoms with van der Waals surface area (Å²) in [4.78, 5) is 0. The van der Waals surface area contributed by atoms with Crippen LogP contribution in [0.1, 0.15) is 13.8 Å². The van der Waals surface area contributed by atoms with Crippen molar-refractivity contribution in [1.29, 1.82) is 0 Å². The zero-order valence-electron chi connectivity index (χ0n) is 4.03. The van der Waals surface area contributed by atoms with Crippen LogP contribution >= 0.6 is 15.9 Å². The average molecular weight is 148 g/mol. The van der Waals surface area contributed by atoms with Gasteiger partial charge >= 0.3 is 0 Å². The predicted octanol–water partition coefficient (Wildman–Crippen LogP) is 2.51. The zero-order valence-corrected chi connectivity index (χ0v) is 5.62. The molecular weight excluding hydrogens is 140 g/mol. The molecule has 0 aromatic carbocycles. The number of hydrogen-bond donors (Lipinski definition) is 0. The van der Waals surface area contributed by atoms with E-state index in [1.807, 2.05) is 26.3 Å². The molecule has 0 saturated carbocycles. The maximum Gasteiger partial charge on any atom is -0.0117 e. The van der Waals surface area contributed by atoms with Crippen molar-refractivity contribution in [3.05, 3.63) is 17.0 Å². The Balaban J connectivity index is 3.14. The van der Waals surface area contributed by atoms with Gasteiger partial charge in [-0.15, -0.1) is 0 Å². The first-order valence-corrected chi connectivity index (χ1v) is 2.68. The van der Waals surface area contributed by atoms with Crippen LogP contribution < -0.4 is 0 Å². The van der Waals surface area contributed by atoms with E-state index in [1.165, 1.54) is 4.48 Å². The standard InChI is InChI=1S/C5H8Br/c1-3-4-5(2)6/h3-4H,1-2H3. The van der Waals surface area contributed by atoms with Crippen molar-refractivity contribution < 1.29 is 0 Å². The van der Waals surface area contributed by atoms with Gasteiger partial charge in [0.05, 0.1) is 0 Å². The third kappa shape index (κ3) is 4.22. The van der Waals surface area contributed by atoms with Crippen molar-refractivity contribution in [3.8, 4) is 0 Å². The van der Waals surface area contributed by atoms with Crippen LogP contribution in [0, 0.1) is 6.42 Å². The molecule has 0 bridgehead atoms. The van der Waals surface area contributed by atoms with E-state index in [2.05, 4.69) is 15.9 Å². The molecule has 1 radical (unpaired) electrons. The second-order valence-electron chi connectivity index (χ2n) is 1.09. The smallest absolute Gasteiger partial charge is 0.0117 e. The van der Waals surface area contributed by atoms with E-state index >= 15 is 0 Å². The summed E-state index contributed by atoms with van der Waals surface area (Å²) in [6.45, 7) is 3.99. The maximum atomic E-state index is 3.26. The summed E-state index contributed by atoms with van der Waals surface area (Å²) < 4.78 is 1.17. The highest BCUT2D eigenvalue weighted by atomic mass is 79.9. The van der Waals surface area contributed by atoms with Gasteiger partial charge in [0.25, 0.3) is 0 Å². The summed E-state index contributed by atoms with van der Waals surface area (Å²) in [5.41, 5.74) is 0. The van der Waals surface area contributed by atoms with Gasteiger partial charge in [0.1, 0.15) is 0 Å². The normalized spacial score (nSPS) is 12.2. The van der Waals surface area contributed by atoms with Crippen molar-refractivity contribution in [2.75, 3.05) is 0 Å².